The molecule has 0 bridgehead atoms. The van der Waals surface area contributed by atoms with Crippen LogP contribution in [0.4, 0.5) is 0 Å². The lowest BCUT2D eigenvalue weighted by Gasteiger charge is -2.12. The average Bonchev–Trinajstić information content (AvgIpc) is 2.53. The predicted molar refractivity (Wildman–Crippen MR) is 97.9 cm³/mol. The molecule has 0 aliphatic heterocycles. The molecule has 0 rings (SSSR count). The highest BCUT2D eigenvalue weighted by Gasteiger charge is 2.14. The van der Waals surface area contributed by atoms with E-state index in [2.05, 4.69) is 13.8 Å². The van der Waals surface area contributed by atoms with Gasteiger partial charge >= 0.3 is 11.9 Å². The molecule has 142 valence electrons. The Hall–Kier alpha value is -1.06. The van der Waals surface area contributed by atoms with E-state index in [4.69, 9.17) is 9.47 Å². The zero-order valence-corrected chi connectivity index (χ0v) is 16.1. The van der Waals surface area contributed by atoms with Crippen molar-refractivity contribution in [2.24, 2.45) is 0 Å². The fraction of sp³-hybridized carbons (Fsp3) is 0.900. The van der Waals surface area contributed by atoms with Crippen LogP contribution in [0.3, 0.4) is 0 Å². The highest BCUT2D eigenvalue weighted by atomic mass is 16.6. The van der Waals surface area contributed by atoms with Crippen molar-refractivity contribution in [1.29, 1.82) is 0 Å². The maximum Gasteiger partial charge on any atom is 0.317 e. The Morgan fingerprint density at radius 3 is 1.92 bits per heavy atom. The van der Waals surface area contributed by atoms with E-state index < -0.39 is 11.9 Å². The molecule has 0 radical (unpaired) electrons. The van der Waals surface area contributed by atoms with Crippen molar-refractivity contribution in [3.05, 3.63) is 0 Å². The fourth-order valence-electron chi connectivity index (χ4n) is 2.60. The highest BCUT2D eigenvalue weighted by Crippen LogP contribution is 2.09. The van der Waals surface area contributed by atoms with Crippen LogP contribution in [0.1, 0.15) is 104 Å². The van der Waals surface area contributed by atoms with Gasteiger partial charge in [-0.25, -0.2) is 0 Å². The molecule has 0 spiro atoms. The molecule has 0 aliphatic rings. The maximum atomic E-state index is 11.6. The van der Waals surface area contributed by atoms with Crippen molar-refractivity contribution >= 4 is 11.9 Å². The number of unbranched alkanes of at least 4 members (excludes halogenated alkanes) is 9. The van der Waals surface area contributed by atoms with Gasteiger partial charge in [-0.1, -0.05) is 71.6 Å². The fourth-order valence-corrected chi connectivity index (χ4v) is 2.60. The molecule has 1 unspecified atom stereocenters. The van der Waals surface area contributed by atoms with E-state index in [1.807, 2.05) is 6.92 Å². The summed E-state index contributed by atoms with van der Waals surface area (Å²) in [5.41, 5.74) is 0. The molecule has 24 heavy (non-hydrogen) atoms. The molecule has 0 heterocycles. The molecule has 0 aliphatic carbocycles. The number of hydrogen-bond donors (Lipinski definition) is 0. The van der Waals surface area contributed by atoms with Gasteiger partial charge in [-0.15, -0.1) is 0 Å². The van der Waals surface area contributed by atoms with Gasteiger partial charge in [-0.3, -0.25) is 9.59 Å². The number of hydrogen-bond acceptors (Lipinski definition) is 4. The van der Waals surface area contributed by atoms with Crippen LogP contribution in [0.5, 0.6) is 0 Å². The molecule has 0 N–H and O–H groups in total. The van der Waals surface area contributed by atoms with Crippen molar-refractivity contribution in [2.45, 2.75) is 110 Å². The second kappa shape index (κ2) is 16.8. The van der Waals surface area contributed by atoms with Crippen molar-refractivity contribution in [2.75, 3.05) is 6.61 Å². The molecule has 0 aromatic rings. The summed E-state index contributed by atoms with van der Waals surface area (Å²) in [7, 11) is 0. The van der Waals surface area contributed by atoms with Crippen LogP contribution in [-0.2, 0) is 19.1 Å². The third-order valence-corrected chi connectivity index (χ3v) is 4.10. The van der Waals surface area contributed by atoms with Crippen LogP contribution in [0.2, 0.25) is 0 Å². The number of rotatable bonds is 16. The third kappa shape index (κ3) is 15.8. The van der Waals surface area contributed by atoms with Crippen LogP contribution < -0.4 is 0 Å². The van der Waals surface area contributed by atoms with Gasteiger partial charge in [0.15, 0.2) is 0 Å². The molecule has 0 saturated heterocycles. The minimum atomic E-state index is -0.472. The maximum absolute atomic E-state index is 11.6. The molecular weight excluding hydrogens is 304 g/mol. The minimum absolute atomic E-state index is 0.121. The first kappa shape index (κ1) is 22.9. The van der Waals surface area contributed by atoms with Crippen LogP contribution in [-0.4, -0.2) is 24.6 Å². The zero-order valence-electron chi connectivity index (χ0n) is 16.1. The zero-order chi connectivity index (χ0) is 18.0. The van der Waals surface area contributed by atoms with Crippen molar-refractivity contribution in [3.63, 3.8) is 0 Å². The lowest BCUT2D eigenvalue weighted by atomic mass is 10.1. The Kier molecular flexibility index (Phi) is 16.0. The Morgan fingerprint density at radius 1 is 0.750 bits per heavy atom. The summed E-state index contributed by atoms with van der Waals surface area (Å²) < 4.78 is 10.3. The topological polar surface area (TPSA) is 52.6 Å². The number of ether oxygens (including phenoxy) is 2. The van der Waals surface area contributed by atoms with Gasteiger partial charge in [0.2, 0.25) is 0 Å². The second-order valence-electron chi connectivity index (χ2n) is 6.67. The summed E-state index contributed by atoms with van der Waals surface area (Å²) in [6.07, 6.45) is 13.4. The lowest BCUT2D eigenvalue weighted by Crippen LogP contribution is -2.19. The smallest absolute Gasteiger partial charge is 0.317 e. The number of carbonyl (C=O) groups is 2. The first-order valence-corrected chi connectivity index (χ1v) is 9.95. The van der Waals surface area contributed by atoms with Gasteiger partial charge in [0, 0.05) is 0 Å². The lowest BCUT2D eigenvalue weighted by molar-refractivity contribution is -0.157. The summed E-state index contributed by atoms with van der Waals surface area (Å²) >= 11 is 0. The van der Waals surface area contributed by atoms with Crippen LogP contribution in [0.25, 0.3) is 0 Å². The van der Waals surface area contributed by atoms with Gasteiger partial charge < -0.3 is 9.47 Å². The molecule has 1 atom stereocenters. The Labute approximate surface area is 148 Å². The summed E-state index contributed by atoms with van der Waals surface area (Å²) in [5, 5.41) is 0. The Bertz CT molecular complexity index is 315. The summed E-state index contributed by atoms with van der Waals surface area (Å²) in [6, 6.07) is 0. The van der Waals surface area contributed by atoms with Crippen molar-refractivity contribution in [3.8, 4) is 0 Å². The Morgan fingerprint density at radius 2 is 1.29 bits per heavy atom. The highest BCUT2D eigenvalue weighted by molar-refractivity contribution is 5.91. The van der Waals surface area contributed by atoms with Gasteiger partial charge in [-0.2, -0.15) is 0 Å². The minimum Gasteiger partial charge on any atom is -0.465 e. The van der Waals surface area contributed by atoms with E-state index in [1.54, 1.807) is 0 Å². The quantitative estimate of drug-likeness (QED) is 0.209. The van der Waals surface area contributed by atoms with Crippen LogP contribution >= 0.6 is 0 Å². The van der Waals surface area contributed by atoms with Gasteiger partial charge in [0.25, 0.3) is 0 Å². The SMILES string of the molecule is CCCCCCCCCCOC(=O)CC(=O)OC(C)CCCCC. The van der Waals surface area contributed by atoms with E-state index in [0.29, 0.717) is 6.61 Å². The van der Waals surface area contributed by atoms with E-state index in [-0.39, 0.29) is 12.5 Å². The molecule has 4 nitrogen and oxygen atoms in total. The van der Waals surface area contributed by atoms with Crippen molar-refractivity contribution < 1.29 is 19.1 Å². The van der Waals surface area contributed by atoms with E-state index >= 15 is 0 Å². The normalized spacial score (nSPS) is 12.0. The monoisotopic (exact) mass is 342 g/mol. The summed E-state index contributed by atoms with van der Waals surface area (Å²) in [4.78, 5) is 23.2. The summed E-state index contributed by atoms with van der Waals surface area (Å²) in [6.45, 7) is 6.64. The Balaban J connectivity index is 3.49. The largest absolute Gasteiger partial charge is 0.465 e. The molecule has 4 heteroatoms. The first-order valence-electron chi connectivity index (χ1n) is 9.95. The molecule has 0 fully saturated rings. The number of carbonyl (C=O) groups excluding carboxylic acids is 2. The summed E-state index contributed by atoms with van der Waals surface area (Å²) in [5.74, 6) is -0.941. The van der Waals surface area contributed by atoms with E-state index in [0.717, 1.165) is 38.5 Å². The van der Waals surface area contributed by atoms with Crippen LogP contribution in [0.15, 0.2) is 0 Å². The van der Waals surface area contributed by atoms with E-state index in [1.165, 1.54) is 38.5 Å². The molecule has 0 aromatic heterocycles. The molecule has 0 aromatic carbocycles. The number of esters is 2. The second-order valence-corrected chi connectivity index (χ2v) is 6.67. The predicted octanol–water partition coefficient (Wildman–Crippen LogP) is 5.57. The van der Waals surface area contributed by atoms with E-state index in [9.17, 15) is 9.59 Å². The average molecular weight is 343 g/mol. The molecule has 0 saturated carbocycles. The molecule has 0 amide bonds. The van der Waals surface area contributed by atoms with Crippen LogP contribution in [0, 0.1) is 0 Å². The standard InChI is InChI=1S/C20H38O4/c1-4-6-8-9-10-11-12-14-16-23-19(21)17-20(22)24-18(3)15-13-7-5-2/h18H,4-17H2,1-3H3. The third-order valence-electron chi connectivity index (χ3n) is 4.10. The molecular formula is C20H38O4. The van der Waals surface area contributed by atoms with Gasteiger partial charge in [0.1, 0.15) is 6.42 Å². The van der Waals surface area contributed by atoms with Gasteiger partial charge in [-0.05, 0) is 26.2 Å². The van der Waals surface area contributed by atoms with Gasteiger partial charge in [0.05, 0.1) is 12.7 Å². The first-order chi connectivity index (χ1) is 11.6. The van der Waals surface area contributed by atoms with Crippen molar-refractivity contribution in [1.82, 2.24) is 0 Å².